The van der Waals surface area contributed by atoms with E-state index in [-0.39, 0.29) is 40.1 Å². The molecule has 0 unspecified atom stereocenters. The van der Waals surface area contributed by atoms with E-state index in [9.17, 15) is 9.18 Å². The van der Waals surface area contributed by atoms with Gasteiger partial charge in [-0.25, -0.2) is 13.8 Å². The van der Waals surface area contributed by atoms with E-state index in [1.54, 1.807) is 18.2 Å². The predicted molar refractivity (Wildman–Crippen MR) is 86.9 cm³/mol. The zero-order valence-corrected chi connectivity index (χ0v) is 13.7. The van der Waals surface area contributed by atoms with Crippen molar-refractivity contribution in [1.82, 2.24) is 24.8 Å². The molecule has 0 amide bonds. The first-order chi connectivity index (χ1) is 12.1. The van der Waals surface area contributed by atoms with E-state index in [1.165, 1.54) is 15.4 Å². The Morgan fingerprint density at radius 2 is 2.00 bits per heavy atom. The van der Waals surface area contributed by atoms with E-state index in [1.807, 2.05) is 0 Å². The third-order valence-corrected chi connectivity index (χ3v) is 5.36. The number of halogens is 2. The molecule has 1 aliphatic heterocycles. The van der Waals surface area contributed by atoms with Crippen molar-refractivity contribution in [3.63, 3.8) is 0 Å². The number of fused-ring (bicyclic) bond motifs is 2. The fraction of sp³-hybridized carbons (Fsp3) is 0.375. The fourth-order valence-corrected chi connectivity index (χ4v) is 3.79. The summed E-state index contributed by atoms with van der Waals surface area (Å²) in [6.45, 7) is 1.40. The smallest absolute Gasteiger partial charge is 0.298 e. The lowest BCUT2D eigenvalue weighted by Crippen LogP contribution is -2.26. The molecule has 3 atom stereocenters. The maximum absolute atomic E-state index is 13.9. The number of rotatable bonds is 3. The van der Waals surface area contributed by atoms with Crippen LogP contribution in [-0.4, -0.2) is 38.0 Å². The largest absolute Gasteiger partial charge is 0.381 e. The molecule has 0 bridgehead atoms. The minimum absolute atomic E-state index is 0.0219. The summed E-state index contributed by atoms with van der Waals surface area (Å²) >= 11 is 6.28. The second-order valence-electron chi connectivity index (χ2n) is 6.43. The summed E-state index contributed by atoms with van der Waals surface area (Å²) in [7, 11) is 0. The topological polar surface area (TPSA) is 74.8 Å². The monoisotopic (exact) mass is 361 g/mol. The Kier molecular flexibility index (Phi) is 3.20. The van der Waals surface area contributed by atoms with E-state index in [2.05, 4.69) is 15.4 Å². The van der Waals surface area contributed by atoms with Gasteiger partial charge in [0, 0.05) is 17.4 Å². The van der Waals surface area contributed by atoms with Crippen LogP contribution in [0.1, 0.15) is 11.6 Å². The van der Waals surface area contributed by atoms with Gasteiger partial charge in [-0.1, -0.05) is 35.0 Å². The van der Waals surface area contributed by atoms with Gasteiger partial charge in [0.25, 0.3) is 5.56 Å². The highest BCUT2D eigenvalue weighted by Gasteiger charge is 2.56. The first kappa shape index (κ1) is 15.0. The summed E-state index contributed by atoms with van der Waals surface area (Å²) in [5.41, 5.74) is 0.501. The molecule has 0 radical (unpaired) electrons. The lowest BCUT2D eigenvalue weighted by molar-refractivity contribution is 0.149. The van der Waals surface area contributed by atoms with Crippen LogP contribution in [0.5, 0.6) is 0 Å². The van der Waals surface area contributed by atoms with E-state index < -0.39 is 0 Å². The zero-order valence-electron chi connectivity index (χ0n) is 13.0. The van der Waals surface area contributed by atoms with Gasteiger partial charge in [0.1, 0.15) is 5.82 Å². The molecule has 2 aromatic heterocycles. The van der Waals surface area contributed by atoms with Crippen molar-refractivity contribution in [1.29, 1.82) is 0 Å². The van der Waals surface area contributed by atoms with Gasteiger partial charge >= 0.3 is 0 Å². The standard InChI is InChI=1S/C16H13ClFN5O2/c17-15-12-13(20-22(15)5-8-3-1-2-4-11(8)18)16(24)23(21-19-12)14-9-6-25-7-10(9)14/h1-4,9-10,14H,5-7H2/t9-,10+,14-. The van der Waals surface area contributed by atoms with Crippen LogP contribution in [0, 0.1) is 17.7 Å². The summed E-state index contributed by atoms with van der Waals surface area (Å²) in [4.78, 5) is 12.7. The van der Waals surface area contributed by atoms with Crippen molar-refractivity contribution in [3.05, 3.63) is 51.2 Å². The molecule has 5 rings (SSSR count). The highest BCUT2D eigenvalue weighted by molar-refractivity contribution is 6.33. The first-order valence-corrected chi connectivity index (χ1v) is 8.35. The second-order valence-corrected chi connectivity index (χ2v) is 6.79. The Hall–Kier alpha value is -2.32. The van der Waals surface area contributed by atoms with Crippen LogP contribution >= 0.6 is 11.6 Å². The van der Waals surface area contributed by atoms with Crippen molar-refractivity contribution < 1.29 is 9.13 Å². The molecule has 9 heteroatoms. The molecule has 25 heavy (non-hydrogen) atoms. The normalized spacial score (nSPS) is 24.6. The summed E-state index contributed by atoms with van der Waals surface area (Å²) < 4.78 is 22.0. The Morgan fingerprint density at radius 3 is 2.76 bits per heavy atom. The quantitative estimate of drug-likeness (QED) is 0.709. The van der Waals surface area contributed by atoms with Crippen molar-refractivity contribution >= 4 is 22.6 Å². The summed E-state index contributed by atoms with van der Waals surface area (Å²) in [6, 6.07) is 6.38. The fourth-order valence-electron chi connectivity index (χ4n) is 3.57. The number of benzene rings is 1. The molecule has 128 valence electrons. The highest BCUT2D eigenvalue weighted by atomic mass is 35.5. The molecule has 1 aliphatic carbocycles. The average Bonchev–Trinajstić information content (AvgIpc) is 2.93. The number of hydrogen-bond acceptors (Lipinski definition) is 5. The predicted octanol–water partition coefficient (Wildman–Crippen LogP) is 1.65. The van der Waals surface area contributed by atoms with Crippen LogP contribution in [0.2, 0.25) is 5.15 Å². The van der Waals surface area contributed by atoms with Gasteiger partial charge in [-0.3, -0.25) is 4.79 Å². The molecule has 3 aromatic rings. The second kappa shape index (κ2) is 5.34. The van der Waals surface area contributed by atoms with E-state index in [4.69, 9.17) is 16.3 Å². The van der Waals surface area contributed by atoms with Crippen LogP contribution < -0.4 is 5.56 Å². The molecular formula is C16H13ClFN5O2. The summed E-state index contributed by atoms with van der Waals surface area (Å²) in [5, 5.41) is 12.6. The molecule has 2 fully saturated rings. The molecule has 1 aromatic carbocycles. The van der Waals surface area contributed by atoms with Crippen LogP contribution in [-0.2, 0) is 11.3 Å². The van der Waals surface area contributed by atoms with Gasteiger partial charge in [0.2, 0.25) is 0 Å². The van der Waals surface area contributed by atoms with Crippen molar-refractivity contribution in [2.45, 2.75) is 12.6 Å². The molecule has 2 aliphatic rings. The lowest BCUT2D eigenvalue weighted by Gasteiger charge is -2.05. The van der Waals surface area contributed by atoms with Gasteiger partial charge in [0.05, 0.1) is 25.8 Å². The van der Waals surface area contributed by atoms with Crippen molar-refractivity contribution in [2.75, 3.05) is 13.2 Å². The van der Waals surface area contributed by atoms with Crippen LogP contribution in [0.3, 0.4) is 0 Å². The third kappa shape index (κ3) is 2.21. The number of ether oxygens (including phenoxy) is 1. The van der Waals surface area contributed by atoms with Crippen LogP contribution in [0.15, 0.2) is 29.1 Å². The van der Waals surface area contributed by atoms with E-state index in [0.717, 1.165) is 0 Å². The Morgan fingerprint density at radius 1 is 1.24 bits per heavy atom. The Bertz CT molecular complexity index is 1040. The Labute approximate surface area is 146 Å². The zero-order chi connectivity index (χ0) is 17.1. The van der Waals surface area contributed by atoms with Gasteiger partial charge < -0.3 is 4.74 Å². The Balaban J connectivity index is 1.56. The highest BCUT2D eigenvalue weighted by Crippen LogP contribution is 2.53. The van der Waals surface area contributed by atoms with Gasteiger partial charge in [-0.15, -0.1) is 5.10 Å². The van der Waals surface area contributed by atoms with Crippen molar-refractivity contribution in [3.8, 4) is 0 Å². The summed E-state index contributed by atoms with van der Waals surface area (Å²) in [6.07, 6.45) is 0. The molecule has 0 spiro atoms. The molecule has 3 heterocycles. The average molecular weight is 362 g/mol. The molecule has 1 saturated carbocycles. The van der Waals surface area contributed by atoms with E-state index >= 15 is 0 Å². The molecule has 1 saturated heterocycles. The van der Waals surface area contributed by atoms with E-state index in [0.29, 0.717) is 30.6 Å². The first-order valence-electron chi connectivity index (χ1n) is 7.98. The third-order valence-electron chi connectivity index (χ3n) is 4.99. The van der Waals surface area contributed by atoms with Crippen LogP contribution in [0.25, 0.3) is 11.0 Å². The molecule has 0 N–H and O–H groups in total. The minimum Gasteiger partial charge on any atom is -0.381 e. The van der Waals surface area contributed by atoms with Crippen molar-refractivity contribution in [2.24, 2.45) is 11.8 Å². The number of nitrogens with zero attached hydrogens (tertiary/aromatic N) is 5. The number of hydrogen-bond donors (Lipinski definition) is 0. The molecular weight excluding hydrogens is 349 g/mol. The molecule has 7 nitrogen and oxygen atoms in total. The summed E-state index contributed by atoms with van der Waals surface area (Å²) in [5.74, 6) is 0.285. The maximum atomic E-state index is 13.9. The van der Waals surface area contributed by atoms with Crippen LogP contribution in [0.4, 0.5) is 4.39 Å². The minimum atomic E-state index is -0.354. The number of aromatic nitrogens is 5. The lowest BCUT2D eigenvalue weighted by atomic mass is 10.2. The van der Waals surface area contributed by atoms with Gasteiger partial charge in [-0.05, 0) is 6.07 Å². The SMILES string of the molecule is O=c1c2nn(Cc3ccccc3F)c(Cl)c2nnn1[C@@H]1[C@@H]2COC[C@@H]21. The maximum Gasteiger partial charge on any atom is 0.298 e. The van der Waals surface area contributed by atoms with Gasteiger partial charge in [0.15, 0.2) is 16.2 Å². The van der Waals surface area contributed by atoms with Gasteiger partial charge in [-0.2, -0.15) is 5.10 Å².